The van der Waals surface area contributed by atoms with Crippen LogP contribution in [0.15, 0.2) is 24.3 Å². The third-order valence-electron chi connectivity index (χ3n) is 3.75. The molecule has 0 aromatic heterocycles. The molecule has 1 aromatic carbocycles. The van der Waals surface area contributed by atoms with E-state index in [1.807, 2.05) is 18.2 Å². The van der Waals surface area contributed by atoms with Crippen LogP contribution in [0, 0.1) is 5.92 Å². The standard InChI is InChI=1S/C13H15NO/c15-9-11-2-1-3-12(7-11)14-8-10-4-5-13(14)6-10/h1-3,7,9-10,13H,4-6,8H2. The molecule has 1 saturated heterocycles. The van der Waals surface area contributed by atoms with E-state index in [-0.39, 0.29) is 0 Å². The van der Waals surface area contributed by atoms with Gasteiger partial charge in [-0.2, -0.15) is 0 Å². The lowest BCUT2D eigenvalue weighted by Gasteiger charge is -2.29. The van der Waals surface area contributed by atoms with Crippen LogP contribution in [0.2, 0.25) is 0 Å². The number of hydrogen-bond donors (Lipinski definition) is 0. The summed E-state index contributed by atoms with van der Waals surface area (Å²) in [5.41, 5.74) is 2.02. The molecule has 1 saturated carbocycles. The Morgan fingerprint density at radius 1 is 1.33 bits per heavy atom. The molecule has 2 bridgehead atoms. The monoisotopic (exact) mass is 201 g/mol. The Morgan fingerprint density at radius 3 is 2.93 bits per heavy atom. The summed E-state index contributed by atoms with van der Waals surface area (Å²) in [4.78, 5) is 13.2. The molecule has 2 aliphatic rings. The second-order valence-corrected chi connectivity index (χ2v) is 4.70. The van der Waals surface area contributed by atoms with Gasteiger partial charge in [0.05, 0.1) is 0 Å². The molecule has 2 unspecified atom stereocenters. The van der Waals surface area contributed by atoms with E-state index in [4.69, 9.17) is 0 Å². The van der Waals surface area contributed by atoms with Crippen molar-refractivity contribution in [3.05, 3.63) is 29.8 Å². The van der Waals surface area contributed by atoms with E-state index in [0.29, 0.717) is 0 Å². The maximum absolute atomic E-state index is 10.7. The highest BCUT2D eigenvalue weighted by Crippen LogP contribution is 2.40. The van der Waals surface area contributed by atoms with Crippen molar-refractivity contribution in [3.8, 4) is 0 Å². The SMILES string of the molecule is O=Cc1cccc(N2CC3CCC2C3)c1. The lowest BCUT2D eigenvalue weighted by atomic mass is 10.1. The Hall–Kier alpha value is -1.31. The van der Waals surface area contributed by atoms with Gasteiger partial charge in [-0.05, 0) is 37.3 Å². The Balaban J connectivity index is 1.89. The third-order valence-corrected chi connectivity index (χ3v) is 3.75. The van der Waals surface area contributed by atoms with Crippen LogP contribution in [0.4, 0.5) is 5.69 Å². The zero-order valence-corrected chi connectivity index (χ0v) is 8.73. The van der Waals surface area contributed by atoms with Crippen molar-refractivity contribution in [1.29, 1.82) is 0 Å². The predicted octanol–water partition coefficient (Wildman–Crippen LogP) is 2.49. The van der Waals surface area contributed by atoms with Crippen LogP contribution < -0.4 is 4.90 Å². The van der Waals surface area contributed by atoms with Crippen LogP contribution in [-0.2, 0) is 0 Å². The van der Waals surface area contributed by atoms with Gasteiger partial charge < -0.3 is 4.90 Å². The van der Waals surface area contributed by atoms with Gasteiger partial charge in [0.15, 0.2) is 0 Å². The second-order valence-electron chi connectivity index (χ2n) is 4.70. The lowest BCUT2D eigenvalue weighted by Crippen LogP contribution is -2.31. The molecule has 2 fully saturated rings. The molecule has 0 spiro atoms. The number of fused-ring (bicyclic) bond motifs is 2. The number of piperidine rings is 1. The van der Waals surface area contributed by atoms with Gasteiger partial charge in [0.25, 0.3) is 0 Å². The number of benzene rings is 1. The summed E-state index contributed by atoms with van der Waals surface area (Å²) in [5.74, 6) is 0.898. The van der Waals surface area contributed by atoms with Crippen molar-refractivity contribution < 1.29 is 4.79 Å². The molecule has 0 radical (unpaired) electrons. The summed E-state index contributed by atoms with van der Waals surface area (Å²) >= 11 is 0. The van der Waals surface area contributed by atoms with E-state index in [1.54, 1.807) is 0 Å². The van der Waals surface area contributed by atoms with Gasteiger partial charge in [-0.1, -0.05) is 12.1 Å². The van der Waals surface area contributed by atoms with E-state index in [1.165, 1.54) is 31.5 Å². The number of carbonyl (C=O) groups is 1. The van der Waals surface area contributed by atoms with Gasteiger partial charge in [-0.3, -0.25) is 4.79 Å². The first-order valence-corrected chi connectivity index (χ1v) is 5.69. The normalized spacial score (nSPS) is 28.4. The fraction of sp³-hybridized carbons (Fsp3) is 0.462. The summed E-state index contributed by atoms with van der Waals surface area (Å²) in [6.45, 7) is 1.19. The van der Waals surface area contributed by atoms with Crippen molar-refractivity contribution in [2.75, 3.05) is 11.4 Å². The van der Waals surface area contributed by atoms with Crippen molar-refractivity contribution in [3.63, 3.8) is 0 Å². The van der Waals surface area contributed by atoms with E-state index >= 15 is 0 Å². The second kappa shape index (κ2) is 3.37. The highest BCUT2D eigenvalue weighted by molar-refractivity contribution is 5.77. The molecule has 1 heterocycles. The topological polar surface area (TPSA) is 20.3 Å². The zero-order chi connectivity index (χ0) is 10.3. The van der Waals surface area contributed by atoms with E-state index in [2.05, 4.69) is 11.0 Å². The number of anilines is 1. The van der Waals surface area contributed by atoms with E-state index in [9.17, 15) is 4.79 Å². The maximum Gasteiger partial charge on any atom is 0.150 e. The highest BCUT2D eigenvalue weighted by Gasteiger charge is 2.37. The minimum absolute atomic E-state index is 0.733. The van der Waals surface area contributed by atoms with Gasteiger partial charge in [0.1, 0.15) is 6.29 Å². The Labute approximate surface area is 89.9 Å². The van der Waals surface area contributed by atoms with Gasteiger partial charge >= 0.3 is 0 Å². The van der Waals surface area contributed by atoms with Crippen LogP contribution >= 0.6 is 0 Å². The lowest BCUT2D eigenvalue weighted by molar-refractivity contribution is 0.112. The van der Waals surface area contributed by atoms with Crippen LogP contribution in [-0.4, -0.2) is 18.9 Å². The fourth-order valence-corrected chi connectivity index (χ4v) is 3.02. The molecule has 78 valence electrons. The average Bonchev–Trinajstić information content (AvgIpc) is 2.91. The fourth-order valence-electron chi connectivity index (χ4n) is 3.02. The molecular formula is C13H15NO. The quantitative estimate of drug-likeness (QED) is 0.685. The summed E-state index contributed by atoms with van der Waals surface area (Å²) in [6, 6.07) is 8.70. The first kappa shape index (κ1) is 8.96. The number of aldehydes is 1. The summed E-state index contributed by atoms with van der Waals surface area (Å²) in [5, 5.41) is 0. The molecule has 2 nitrogen and oxygen atoms in total. The summed E-state index contributed by atoms with van der Waals surface area (Å²) in [6.07, 6.45) is 5.01. The average molecular weight is 201 g/mol. The van der Waals surface area contributed by atoms with Crippen LogP contribution in [0.25, 0.3) is 0 Å². The van der Waals surface area contributed by atoms with Crippen molar-refractivity contribution in [2.45, 2.75) is 25.3 Å². The molecular weight excluding hydrogens is 186 g/mol. The van der Waals surface area contributed by atoms with Crippen molar-refractivity contribution in [1.82, 2.24) is 0 Å². The maximum atomic E-state index is 10.7. The minimum Gasteiger partial charge on any atom is -0.368 e. The molecule has 1 aromatic rings. The first-order chi connectivity index (χ1) is 7.36. The molecule has 15 heavy (non-hydrogen) atoms. The number of carbonyl (C=O) groups excluding carboxylic acids is 1. The third kappa shape index (κ3) is 1.44. The molecule has 2 atom stereocenters. The first-order valence-electron chi connectivity index (χ1n) is 5.69. The van der Waals surface area contributed by atoms with E-state index in [0.717, 1.165) is 23.8 Å². The largest absolute Gasteiger partial charge is 0.368 e. The zero-order valence-electron chi connectivity index (χ0n) is 8.73. The van der Waals surface area contributed by atoms with Crippen molar-refractivity contribution >= 4 is 12.0 Å². The number of nitrogens with zero attached hydrogens (tertiary/aromatic N) is 1. The molecule has 3 rings (SSSR count). The van der Waals surface area contributed by atoms with Crippen LogP contribution in [0.1, 0.15) is 29.6 Å². The Kier molecular flexibility index (Phi) is 2.01. The Morgan fingerprint density at radius 2 is 2.27 bits per heavy atom. The van der Waals surface area contributed by atoms with Gasteiger partial charge in [-0.25, -0.2) is 0 Å². The van der Waals surface area contributed by atoms with Gasteiger partial charge in [-0.15, -0.1) is 0 Å². The minimum atomic E-state index is 0.733. The molecule has 0 N–H and O–H groups in total. The summed E-state index contributed by atoms with van der Waals surface area (Å²) < 4.78 is 0. The van der Waals surface area contributed by atoms with Crippen LogP contribution in [0.3, 0.4) is 0 Å². The number of rotatable bonds is 2. The van der Waals surface area contributed by atoms with E-state index < -0.39 is 0 Å². The van der Waals surface area contributed by atoms with Crippen LogP contribution in [0.5, 0.6) is 0 Å². The highest BCUT2D eigenvalue weighted by atomic mass is 16.1. The smallest absolute Gasteiger partial charge is 0.150 e. The van der Waals surface area contributed by atoms with Gasteiger partial charge in [0.2, 0.25) is 0 Å². The molecule has 0 amide bonds. The van der Waals surface area contributed by atoms with Crippen molar-refractivity contribution in [2.24, 2.45) is 5.92 Å². The number of hydrogen-bond acceptors (Lipinski definition) is 2. The molecule has 2 heteroatoms. The Bertz CT molecular complexity index is 388. The predicted molar refractivity (Wildman–Crippen MR) is 60.3 cm³/mol. The molecule has 1 aliphatic carbocycles. The molecule has 1 aliphatic heterocycles. The summed E-state index contributed by atoms with van der Waals surface area (Å²) in [7, 11) is 0. The van der Waals surface area contributed by atoms with Gasteiger partial charge in [0, 0.05) is 23.8 Å².